The average Bonchev–Trinajstić information content (AvgIpc) is 2.83. The second-order valence-electron chi connectivity index (χ2n) is 5.53. The number of nitrogens with zero attached hydrogens (tertiary/aromatic N) is 2. The van der Waals surface area contributed by atoms with Gasteiger partial charge in [-0.3, -0.25) is 4.79 Å². The Labute approximate surface area is 119 Å². The van der Waals surface area contributed by atoms with Crippen molar-refractivity contribution in [2.75, 3.05) is 11.4 Å². The molecular formula is C17H20N2O. The molecule has 3 rings (SSSR count). The fraction of sp³-hybridized carbons (Fsp3) is 0.353. The number of para-hydroxylation sites is 1. The minimum absolute atomic E-state index is 0.0532. The lowest BCUT2D eigenvalue weighted by molar-refractivity contribution is 0.703. The van der Waals surface area contributed by atoms with Gasteiger partial charge < -0.3 is 9.47 Å². The number of hydrogen-bond donors (Lipinski definition) is 0. The van der Waals surface area contributed by atoms with Crippen molar-refractivity contribution in [3.8, 4) is 0 Å². The molecule has 1 aromatic carbocycles. The molecule has 0 fully saturated rings. The molecule has 104 valence electrons. The third kappa shape index (κ3) is 1.94. The summed E-state index contributed by atoms with van der Waals surface area (Å²) in [4.78, 5) is 14.3. The number of hydrogen-bond acceptors (Lipinski definition) is 2. The molecule has 3 nitrogen and oxygen atoms in total. The second kappa shape index (κ2) is 4.82. The summed E-state index contributed by atoms with van der Waals surface area (Å²) in [5.74, 6) is 0.551. The van der Waals surface area contributed by atoms with Gasteiger partial charge in [0.2, 0.25) is 0 Å². The molecule has 2 heterocycles. The Morgan fingerprint density at radius 2 is 2.00 bits per heavy atom. The average molecular weight is 268 g/mol. The van der Waals surface area contributed by atoms with Crippen LogP contribution in [0.1, 0.15) is 30.5 Å². The minimum atomic E-state index is 0.0532. The van der Waals surface area contributed by atoms with Crippen molar-refractivity contribution in [1.82, 2.24) is 4.57 Å². The van der Waals surface area contributed by atoms with E-state index < -0.39 is 0 Å². The first kappa shape index (κ1) is 13.0. The van der Waals surface area contributed by atoms with E-state index in [4.69, 9.17) is 0 Å². The van der Waals surface area contributed by atoms with E-state index in [0.717, 1.165) is 24.3 Å². The molecule has 1 atom stereocenters. The van der Waals surface area contributed by atoms with Crippen LogP contribution in [0.3, 0.4) is 0 Å². The standard InChI is InChI=1S/C17H20N2O/c1-4-13-11-19(16-8-6-5-7-15(13)16)14-9-12(2)18(3)17(20)10-14/h5-10,13H,4,11H2,1-3H3. The molecular weight excluding hydrogens is 248 g/mol. The topological polar surface area (TPSA) is 25.2 Å². The van der Waals surface area contributed by atoms with Crippen LogP contribution in [-0.4, -0.2) is 11.1 Å². The summed E-state index contributed by atoms with van der Waals surface area (Å²) in [7, 11) is 1.81. The molecule has 1 aliphatic heterocycles. The normalized spacial score (nSPS) is 17.4. The molecule has 0 saturated heterocycles. The summed E-state index contributed by atoms with van der Waals surface area (Å²) >= 11 is 0. The van der Waals surface area contributed by atoms with Crippen molar-refractivity contribution in [2.24, 2.45) is 7.05 Å². The first-order chi connectivity index (χ1) is 9.61. The summed E-state index contributed by atoms with van der Waals surface area (Å²) in [6.07, 6.45) is 1.12. The zero-order valence-electron chi connectivity index (χ0n) is 12.3. The predicted molar refractivity (Wildman–Crippen MR) is 82.9 cm³/mol. The lowest BCUT2D eigenvalue weighted by atomic mass is 9.99. The van der Waals surface area contributed by atoms with Gasteiger partial charge in [0.1, 0.15) is 0 Å². The largest absolute Gasteiger partial charge is 0.340 e. The maximum atomic E-state index is 12.0. The number of anilines is 2. The molecule has 1 aromatic heterocycles. The van der Waals surface area contributed by atoms with E-state index in [9.17, 15) is 4.79 Å². The van der Waals surface area contributed by atoms with E-state index in [0.29, 0.717) is 5.92 Å². The van der Waals surface area contributed by atoms with E-state index in [1.807, 2.05) is 14.0 Å². The van der Waals surface area contributed by atoms with Gasteiger partial charge in [0.15, 0.2) is 0 Å². The predicted octanol–water partition coefficient (Wildman–Crippen LogP) is 3.34. The fourth-order valence-corrected chi connectivity index (χ4v) is 2.99. The zero-order chi connectivity index (χ0) is 14.3. The third-order valence-electron chi connectivity index (χ3n) is 4.36. The highest BCUT2D eigenvalue weighted by Gasteiger charge is 2.28. The van der Waals surface area contributed by atoms with Gasteiger partial charge in [0.05, 0.1) is 0 Å². The van der Waals surface area contributed by atoms with Crippen molar-refractivity contribution in [3.05, 3.63) is 58.0 Å². The maximum Gasteiger partial charge on any atom is 0.252 e. The Morgan fingerprint density at radius 1 is 1.25 bits per heavy atom. The van der Waals surface area contributed by atoms with E-state index in [-0.39, 0.29) is 5.56 Å². The van der Waals surface area contributed by atoms with Crippen molar-refractivity contribution in [2.45, 2.75) is 26.2 Å². The van der Waals surface area contributed by atoms with Crippen LogP contribution < -0.4 is 10.5 Å². The van der Waals surface area contributed by atoms with E-state index >= 15 is 0 Å². The molecule has 20 heavy (non-hydrogen) atoms. The molecule has 0 amide bonds. The van der Waals surface area contributed by atoms with Crippen LogP contribution in [0, 0.1) is 6.92 Å². The summed E-state index contributed by atoms with van der Waals surface area (Å²) in [5.41, 5.74) is 4.69. The number of rotatable bonds is 2. The van der Waals surface area contributed by atoms with Crippen molar-refractivity contribution >= 4 is 11.4 Å². The molecule has 0 saturated carbocycles. The van der Waals surface area contributed by atoms with Crippen molar-refractivity contribution in [3.63, 3.8) is 0 Å². The molecule has 0 radical (unpaired) electrons. The van der Waals surface area contributed by atoms with Gasteiger partial charge in [-0.05, 0) is 31.0 Å². The van der Waals surface area contributed by atoms with Gasteiger partial charge in [-0.1, -0.05) is 25.1 Å². The van der Waals surface area contributed by atoms with Gasteiger partial charge in [-0.15, -0.1) is 0 Å². The molecule has 0 N–H and O–H groups in total. The molecule has 0 aliphatic carbocycles. The second-order valence-corrected chi connectivity index (χ2v) is 5.53. The monoisotopic (exact) mass is 268 g/mol. The van der Waals surface area contributed by atoms with Crippen LogP contribution in [0.25, 0.3) is 0 Å². The van der Waals surface area contributed by atoms with Gasteiger partial charge in [0, 0.05) is 42.6 Å². The molecule has 0 bridgehead atoms. The molecule has 2 aromatic rings. The van der Waals surface area contributed by atoms with E-state index in [2.05, 4.69) is 42.2 Å². The molecule has 1 unspecified atom stereocenters. The van der Waals surface area contributed by atoms with Gasteiger partial charge in [-0.2, -0.15) is 0 Å². The quantitative estimate of drug-likeness (QED) is 0.834. The third-order valence-corrected chi connectivity index (χ3v) is 4.36. The fourth-order valence-electron chi connectivity index (χ4n) is 2.99. The zero-order valence-corrected chi connectivity index (χ0v) is 12.3. The summed E-state index contributed by atoms with van der Waals surface area (Å²) < 4.78 is 1.68. The Hall–Kier alpha value is -2.03. The van der Waals surface area contributed by atoms with E-state index in [1.165, 1.54) is 11.3 Å². The van der Waals surface area contributed by atoms with Crippen molar-refractivity contribution < 1.29 is 0 Å². The minimum Gasteiger partial charge on any atom is -0.340 e. The van der Waals surface area contributed by atoms with Gasteiger partial charge >= 0.3 is 0 Å². The van der Waals surface area contributed by atoms with Crippen LogP contribution in [-0.2, 0) is 7.05 Å². The summed E-state index contributed by atoms with van der Waals surface area (Å²) in [5, 5.41) is 0. The van der Waals surface area contributed by atoms with Crippen LogP contribution >= 0.6 is 0 Å². The van der Waals surface area contributed by atoms with Crippen molar-refractivity contribution in [1.29, 1.82) is 0 Å². The Morgan fingerprint density at radius 3 is 2.70 bits per heavy atom. The first-order valence-corrected chi connectivity index (χ1v) is 7.16. The smallest absolute Gasteiger partial charge is 0.252 e. The van der Waals surface area contributed by atoms with Gasteiger partial charge in [0.25, 0.3) is 5.56 Å². The number of fused-ring (bicyclic) bond motifs is 1. The summed E-state index contributed by atoms with van der Waals surface area (Å²) in [6.45, 7) is 5.16. The Balaban J connectivity index is 2.11. The Kier molecular flexibility index (Phi) is 3.13. The summed E-state index contributed by atoms with van der Waals surface area (Å²) in [6, 6.07) is 12.4. The van der Waals surface area contributed by atoms with Gasteiger partial charge in [-0.25, -0.2) is 0 Å². The van der Waals surface area contributed by atoms with Crippen LogP contribution in [0.2, 0.25) is 0 Å². The number of aryl methyl sites for hydroxylation is 1. The van der Waals surface area contributed by atoms with E-state index in [1.54, 1.807) is 10.6 Å². The highest BCUT2D eigenvalue weighted by Crippen LogP contribution is 2.41. The maximum absolute atomic E-state index is 12.0. The molecule has 3 heteroatoms. The number of aromatic nitrogens is 1. The lowest BCUT2D eigenvalue weighted by Crippen LogP contribution is -2.22. The first-order valence-electron chi connectivity index (χ1n) is 7.16. The van der Waals surface area contributed by atoms with Crippen LogP contribution in [0.4, 0.5) is 11.4 Å². The molecule has 0 spiro atoms. The number of pyridine rings is 1. The highest BCUT2D eigenvalue weighted by molar-refractivity contribution is 5.71. The highest BCUT2D eigenvalue weighted by atomic mass is 16.1. The molecule has 1 aliphatic rings. The SMILES string of the molecule is CCC1CN(c2cc(C)n(C)c(=O)c2)c2ccccc21. The Bertz CT molecular complexity index is 702. The lowest BCUT2D eigenvalue weighted by Gasteiger charge is -2.21. The number of benzene rings is 1. The van der Waals surface area contributed by atoms with Crippen LogP contribution in [0.15, 0.2) is 41.2 Å². The van der Waals surface area contributed by atoms with Crippen LogP contribution in [0.5, 0.6) is 0 Å².